The zero-order valence-corrected chi connectivity index (χ0v) is 76.2. The van der Waals surface area contributed by atoms with Crippen LogP contribution < -0.4 is 75.5 Å². The van der Waals surface area contributed by atoms with Crippen molar-refractivity contribution in [3.63, 3.8) is 0 Å². The van der Waals surface area contributed by atoms with Gasteiger partial charge in [-0.05, 0) is 20.3 Å². The van der Waals surface area contributed by atoms with Crippen LogP contribution in [-0.4, -0.2) is 211 Å². The zero-order chi connectivity index (χ0) is 90.3. The number of H-pyrrole nitrogens is 3. The molecule has 10 aromatic heterocycles. The third-order valence-corrected chi connectivity index (χ3v) is 30.6. The van der Waals surface area contributed by atoms with Gasteiger partial charge in [0.15, 0.2) is 52.4 Å². The van der Waals surface area contributed by atoms with E-state index in [0.29, 0.717) is 6.42 Å². The molecule has 10 aromatic rings. The summed E-state index contributed by atoms with van der Waals surface area (Å²) in [5.74, 6) is -0.237. The van der Waals surface area contributed by atoms with Gasteiger partial charge < -0.3 is 142 Å². The molecule has 6 aliphatic rings. The maximum Gasteiger partial charge on any atom is 0.330 e. The first-order valence-electron chi connectivity index (χ1n) is 38.0. The van der Waals surface area contributed by atoms with Gasteiger partial charge in [-0.15, -0.1) is 0 Å². The van der Waals surface area contributed by atoms with Gasteiger partial charge in [-0.25, -0.2) is 59.4 Å². The molecule has 11 N–H and O–H groups in total. The highest BCUT2D eigenvalue weighted by atomic mass is 32.7. The summed E-state index contributed by atoms with van der Waals surface area (Å²) in [7, 11) is 1.05. The molecule has 6 unspecified atom stereocenters. The number of hydrogen-bond acceptors (Lipinski definition) is 50. The summed E-state index contributed by atoms with van der Waals surface area (Å²) in [4.78, 5) is 188. The fourth-order valence-corrected chi connectivity index (χ4v) is 23.3. The number of rotatable bonds is 35. The SMILES string of the molecule is CC[C@H]1O[C@@H](n2cc(C)c(=O)[nH]c2=O)C[C@H]1OP([O-])(=S)OC[C@H]1O[C@@H](n2cnc3c(N)ncnc32)C[C@H]1OP(=O)([S-])OC[C@H]1O[C@@H](n2cnc3c(N)ncnc32)C[C@H]1OP([O-])(=S)OC[C@H]1O[C@@H](n2cnc3c(N)ncnc32)C[C@H]1OP([O-])(=S)OC[C@H]1O[C@@H](n2cc(C)c(=O)[nH]c2=O)C[C@H]1OP([O-])(=S)OC[C@H]1O[C@@H](n2cnc3c(=O)[nH]c(N)nc32)C[C@H]1OP([O-])(=S)OC. The van der Waals surface area contributed by atoms with Crippen LogP contribution in [0.2, 0.25) is 0 Å². The molecule has 6 aliphatic heterocycles. The maximum absolute atomic E-state index is 15.0. The van der Waals surface area contributed by atoms with Gasteiger partial charge in [-0.1, -0.05) is 66.0 Å². The molecule has 53 nitrogen and oxygen atoms in total. The second kappa shape index (κ2) is 37.5. The Labute approximate surface area is 743 Å². The summed E-state index contributed by atoms with van der Waals surface area (Å²) < 4.78 is 131. The standard InChI is InChI=1S/C62H80N24O29P6S6/c1-5-28-29(6-40(104-28)81-12-26(2)57(87)79-61(81)90)111-117(93,123)99-16-37-32(9-42(106-37)83-22-73-46-50(63)67-19-70-53(46)83)114-120(96,126)102-18-39-34(11-44(108-39)85-24-75-48-52(65)69-21-72-55(48)85)115-121(97,127)103-17-38-33(10-43(107-38)84-23-74-47-51(64)68-20-71-54(47)84)113-119(95,125)101-15-36-31(7-41(105-36)82-13-27(3)58(88)80-62(82)91)112-118(94,124)100-14-35-30(110-116(92,122)98-4)8-45(109-35)86-25-76-49-56(86)77-60(66)78-59(49)89/h12-13,19-25,28-45H,5-11,14-18H2,1-4H3,(H,92,122)(H,93,123)(H,94,124)(H,95,125)(H,96,126)(H,97,127)(H2,63,67,70)(H2,64,68,71)(H2,65,69,72)(H,79,87,90)(H,80,88,91)(H3,66,77,78,89)/p-6/t28-,29-,30-,31-,32-,33-,34-,35-,36-,37-,38-,39-,40-,41-,42-,43-,44-,45-,116?,117?,118?,119?,120?,121?/m1/s1. The average Bonchev–Trinajstić information content (AvgIpc) is 1.63. The lowest BCUT2D eigenvalue weighted by molar-refractivity contribution is -0.221. The molecule has 65 heteroatoms. The highest BCUT2D eigenvalue weighted by Gasteiger charge is 2.48. The number of nitrogens with one attached hydrogen (secondary N) is 3. The van der Waals surface area contributed by atoms with Gasteiger partial charge in [0.1, 0.15) is 137 Å². The Morgan fingerprint density at radius 2 is 0.701 bits per heavy atom. The quantitative estimate of drug-likeness (QED) is 0.0174. The van der Waals surface area contributed by atoms with Gasteiger partial charge in [-0.3, -0.25) is 61.3 Å². The molecular formula is C62H74N24O29P6S6-6. The number of nitrogens with two attached hydrogens (primary N) is 4. The predicted octanol–water partition coefficient (Wildman–Crippen LogP) is -1.56. The van der Waals surface area contributed by atoms with E-state index in [1.807, 2.05) is 0 Å². The highest BCUT2D eigenvalue weighted by Crippen LogP contribution is 2.56. The Balaban J connectivity index is 0.614. The molecule has 0 saturated carbocycles. The van der Waals surface area contributed by atoms with E-state index >= 15 is 0 Å². The molecule has 6 saturated heterocycles. The Morgan fingerprint density at radius 3 is 1.04 bits per heavy atom. The van der Waals surface area contributed by atoms with E-state index in [1.54, 1.807) is 6.92 Å². The van der Waals surface area contributed by atoms with Crippen LogP contribution >= 0.6 is 40.4 Å². The highest BCUT2D eigenvalue weighted by molar-refractivity contribution is 8.32. The largest absolute Gasteiger partial charge is 0.780 e. The molecule has 0 bridgehead atoms. The molecule has 0 aromatic carbocycles. The van der Waals surface area contributed by atoms with Gasteiger partial charge in [0.2, 0.25) is 5.95 Å². The number of ether oxygens (including phenoxy) is 6. The monoisotopic (exact) mass is 2000 g/mol. The number of nitrogens with zero attached hydrogens (tertiary/aromatic N) is 17. The molecule has 6 fully saturated rings. The summed E-state index contributed by atoms with van der Waals surface area (Å²) in [6.07, 6.45) is -12.3. The van der Waals surface area contributed by atoms with Crippen LogP contribution in [0.25, 0.3) is 44.7 Å². The van der Waals surface area contributed by atoms with Crippen molar-refractivity contribution in [3.8, 4) is 0 Å². The maximum atomic E-state index is 15.0. The van der Waals surface area contributed by atoms with E-state index in [-0.39, 0.29) is 118 Å². The number of imidazole rings is 4. The van der Waals surface area contributed by atoms with Crippen LogP contribution in [0.4, 0.5) is 23.4 Å². The average molecular weight is 2000 g/mol. The Morgan fingerprint density at radius 1 is 0.409 bits per heavy atom. The zero-order valence-electron chi connectivity index (χ0n) is 66.0. The van der Waals surface area contributed by atoms with Crippen molar-refractivity contribution < 1.29 is 112 Å². The van der Waals surface area contributed by atoms with Gasteiger partial charge in [0.25, 0.3) is 16.7 Å². The molecule has 24 atom stereocenters. The van der Waals surface area contributed by atoms with E-state index in [1.165, 1.54) is 87.0 Å². The molecule has 0 aliphatic carbocycles. The Bertz CT molecular complexity index is 6470. The van der Waals surface area contributed by atoms with Gasteiger partial charge in [0, 0.05) is 69.2 Å². The number of aromatic amines is 3. The number of fused-ring (bicyclic) bond motifs is 4. The lowest BCUT2D eigenvalue weighted by Crippen LogP contribution is -2.34. The second-order valence-electron chi connectivity index (χ2n) is 29.3. The summed E-state index contributed by atoms with van der Waals surface area (Å²) in [6, 6.07) is 0. The number of hydrogen-bond donors (Lipinski definition) is 7. The molecule has 0 spiro atoms. The van der Waals surface area contributed by atoms with Crippen molar-refractivity contribution in [2.45, 2.75) is 176 Å². The van der Waals surface area contributed by atoms with Gasteiger partial charge >= 0.3 is 11.4 Å². The van der Waals surface area contributed by atoms with Crippen LogP contribution in [-0.2, 0) is 159 Å². The van der Waals surface area contributed by atoms with Crippen LogP contribution in [0.1, 0.15) is 100 Å². The van der Waals surface area contributed by atoms with Crippen LogP contribution in [0, 0.1) is 13.8 Å². The number of anilines is 4. The number of aromatic nitrogens is 20. The fourth-order valence-electron chi connectivity index (χ4n) is 15.0. The first-order chi connectivity index (χ1) is 60.2. The summed E-state index contributed by atoms with van der Waals surface area (Å²) in [6.45, 7) is -27.4. The van der Waals surface area contributed by atoms with E-state index < -0.39 is 212 Å². The van der Waals surface area contributed by atoms with Gasteiger partial charge in [-0.2, -0.15) is 4.98 Å². The first kappa shape index (κ1) is 93.7. The van der Waals surface area contributed by atoms with E-state index in [9.17, 15) is 53.0 Å². The van der Waals surface area contributed by atoms with E-state index in [0.717, 1.165) is 18.0 Å². The molecule has 127 heavy (non-hydrogen) atoms. The lowest BCUT2D eigenvalue weighted by Gasteiger charge is -2.36. The number of nitrogen functional groups attached to an aromatic ring is 4. The van der Waals surface area contributed by atoms with Crippen molar-refractivity contribution in [2.24, 2.45) is 0 Å². The molecule has 0 amide bonds. The van der Waals surface area contributed by atoms with Crippen molar-refractivity contribution >= 4 is 180 Å². The minimum Gasteiger partial charge on any atom is -0.780 e. The molecule has 0 radical (unpaired) electrons. The molecule has 16 rings (SSSR count). The van der Waals surface area contributed by atoms with Crippen LogP contribution in [0.15, 0.2) is 80.7 Å². The smallest absolute Gasteiger partial charge is 0.330 e. The van der Waals surface area contributed by atoms with E-state index in [4.69, 9.17) is 177 Å². The van der Waals surface area contributed by atoms with Crippen molar-refractivity contribution in [1.29, 1.82) is 0 Å². The first-order valence-corrected chi connectivity index (χ1v) is 53.3. The minimum atomic E-state index is -4.92. The second-order valence-corrected chi connectivity index (χ2v) is 45.6. The fraction of sp³-hybridized carbons (Fsp3) is 0.548. The summed E-state index contributed by atoms with van der Waals surface area (Å²) in [5.41, 5.74) is 21.8. The molecule has 688 valence electrons. The molecular weight excluding hydrogens is 1920 g/mol. The number of aryl methyl sites for hydroxylation is 2. The third kappa shape index (κ3) is 21.0. The lowest BCUT2D eigenvalue weighted by atomic mass is 10.1. The predicted molar refractivity (Wildman–Crippen MR) is 448 cm³/mol. The third-order valence-electron chi connectivity index (χ3n) is 21.0. The van der Waals surface area contributed by atoms with Crippen LogP contribution in [0.5, 0.6) is 0 Å². The Kier molecular flexibility index (Phi) is 27.7. The van der Waals surface area contributed by atoms with Crippen molar-refractivity contribution in [2.75, 3.05) is 63.1 Å². The van der Waals surface area contributed by atoms with Gasteiger partial charge in [0.05, 0.1) is 101 Å². The topological polar surface area (TPSA) is 707 Å². The molecule has 16 heterocycles. The minimum absolute atomic E-state index is 0.00105. The normalized spacial score (nSPS) is 29.3. The van der Waals surface area contributed by atoms with Crippen LogP contribution in [0.3, 0.4) is 0 Å². The van der Waals surface area contributed by atoms with Crippen molar-refractivity contribution in [3.05, 3.63) is 120 Å². The van der Waals surface area contributed by atoms with Crippen molar-refractivity contribution in [1.82, 2.24) is 97.2 Å². The summed E-state index contributed by atoms with van der Waals surface area (Å²) >= 11 is 32.6. The van der Waals surface area contributed by atoms with E-state index in [2.05, 4.69) is 69.8 Å². The summed E-state index contributed by atoms with van der Waals surface area (Å²) in [5, 5.41) is 0. The Hall–Kier alpha value is -6.53.